The van der Waals surface area contributed by atoms with Crippen LogP contribution in [0.15, 0.2) is 60.8 Å². The van der Waals surface area contributed by atoms with Crippen LogP contribution < -0.4 is 5.32 Å². The molecule has 3 rings (SSSR count). The monoisotopic (exact) mass is 320 g/mol. The van der Waals surface area contributed by atoms with Gasteiger partial charge in [0.2, 0.25) is 5.91 Å². The second-order valence-corrected chi connectivity index (χ2v) is 6.70. The molecule has 0 saturated heterocycles. The lowest BCUT2D eigenvalue weighted by atomic mass is 9.96. The van der Waals surface area contributed by atoms with Crippen LogP contribution in [0.1, 0.15) is 37.4 Å². The average molecular weight is 320 g/mol. The van der Waals surface area contributed by atoms with Gasteiger partial charge < -0.3 is 10.3 Å². The molecule has 1 amide bonds. The SMILES string of the molecule is CC(C)CC(NC(=O)Cc1c[nH]c2ccccc12)c1ccccc1. The molecule has 1 aromatic heterocycles. The second-order valence-electron chi connectivity index (χ2n) is 6.70. The minimum atomic E-state index is 0.0592. The summed E-state index contributed by atoms with van der Waals surface area (Å²) in [7, 11) is 0. The number of aromatic amines is 1. The smallest absolute Gasteiger partial charge is 0.224 e. The van der Waals surface area contributed by atoms with Gasteiger partial charge in [-0.15, -0.1) is 0 Å². The number of hydrogen-bond acceptors (Lipinski definition) is 1. The molecule has 2 aromatic carbocycles. The summed E-state index contributed by atoms with van der Waals surface area (Å²) in [5.74, 6) is 0.581. The molecule has 2 N–H and O–H groups in total. The van der Waals surface area contributed by atoms with Crippen molar-refractivity contribution in [1.29, 1.82) is 0 Å². The fourth-order valence-electron chi connectivity index (χ4n) is 3.13. The maximum atomic E-state index is 12.6. The van der Waals surface area contributed by atoms with Crippen molar-refractivity contribution in [3.63, 3.8) is 0 Å². The van der Waals surface area contributed by atoms with Crippen LogP contribution in [0.4, 0.5) is 0 Å². The highest BCUT2D eigenvalue weighted by molar-refractivity contribution is 5.88. The van der Waals surface area contributed by atoms with E-state index in [0.717, 1.165) is 22.9 Å². The third-order valence-corrected chi connectivity index (χ3v) is 4.27. The number of amides is 1. The first kappa shape index (κ1) is 16.3. The molecule has 0 fully saturated rings. The predicted molar refractivity (Wildman–Crippen MR) is 98.8 cm³/mol. The zero-order valence-corrected chi connectivity index (χ0v) is 14.3. The molecule has 124 valence electrons. The average Bonchev–Trinajstić information content (AvgIpc) is 2.98. The van der Waals surface area contributed by atoms with Crippen molar-refractivity contribution in [3.8, 4) is 0 Å². The van der Waals surface area contributed by atoms with Gasteiger partial charge in [-0.25, -0.2) is 0 Å². The Hall–Kier alpha value is -2.55. The Balaban J connectivity index is 1.73. The number of hydrogen-bond donors (Lipinski definition) is 2. The Morgan fingerprint density at radius 3 is 2.50 bits per heavy atom. The number of nitrogens with one attached hydrogen (secondary N) is 2. The van der Waals surface area contributed by atoms with Gasteiger partial charge in [-0.05, 0) is 29.5 Å². The van der Waals surface area contributed by atoms with Crippen molar-refractivity contribution in [2.24, 2.45) is 5.92 Å². The Bertz CT molecular complexity index is 805. The number of H-pyrrole nitrogens is 1. The molecular formula is C21H24N2O. The Labute approximate surface area is 143 Å². The van der Waals surface area contributed by atoms with Gasteiger partial charge in [-0.3, -0.25) is 4.79 Å². The second kappa shape index (κ2) is 7.35. The van der Waals surface area contributed by atoms with Crippen LogP contribution in [-0.2, 0) is 11.2 Å². The molecule has 1 unspecified atom stereocenters. The standard InChI is InChI=1S/C21H24N2O/c1-15(2)12-20(16-8-4-3-5-9-16)23-21(24)13-17-14-22-19-11-7-6-10-18(17)19/h3-11,14-15,20,22H,12-13H2,1-2H3,(H,23,24). The van der Waals surface area contributed by atoms with E-state index in [1.54, 1.807) is 0 Å². The van der Waals surface area contributed by atoms with Crippen molar-refractivity contribution in [1.82, 2.24) is 10.3 Å². The quantitative estimate of drug-likeness (QED) is 0.684. The first-order valence-corrected chi connectivity index (χ1v) is 8.53. The maximum absolute atomic E-state index is 12.6. The predicted octanol–water partition coefficient (Wildman–Crippen LogP) is 4.61. The van der Waals surface area contributed by atoms with Crippen LogP contribution in [0.3, 0.4) is 0 Å². The molecule has 24 heavy (non-hydrogen) atoms. The molecule has 0 radical (unpaired) electrons. The van der Waals surface area contributed by atoms with Crippen molar-refractivity contribution in [2.45, 2.75) is 32.7 Å². The molecule has 3 nitrogen and oxygen atoms in total. The Kier molecular flexibility index (Phi) is 4.99. The van der Waals surface area contributed by atoms with Crippen LogP contribution in [-0.4, -0.2) is 10.9 Å². The zero-order chi connectivity index (χ0) is 16.9. The van der Waals surface area contributed by atoms with Crippen molar-refractivity contribution in [2.75, 3.05) is 0 Å². The number of rotatable bonds is 6. The molecule has 1 atom stereocenters. The summed E-state index contributed by atoms with van der Waals surface area (Å²) >= 11 is 0. The molecular weight excluding hydrogens is 296 g/mol. The van der Waals surface area contributed by atoms with E-state index < -0.39 is 0 Å². The van der Waals surface area contributed by atoms with Gasteiger partial charge >= 0.3 is 0 Å². The van der Waals surface area contributed by atoms with Gasteiger partial charge in [0.15, 0.2) is 0 Å². The Morgan fingerprint density at radius 1 is 1.04 bits per heavy atom. The number of aromatic nitrogens is 1. The van der Waals surface area contributed by atoms with Crippen molar-refractivity contribution in [3.05, 3.63) is 71.9 Å². The molecule has 0 aliphatic carbocycles. The highest BCUT2D eigenvalue weighted by Crippen LogP contribution is 2.22. The molecule has 0 bridgehead atoms. The lowest BCUT2D eigenvalue weighted by Gasteiger charge is -2.21. The fourth-order valence-corrected chi connectivity index (χ4v) is 3.13. The highest BCUT2D eigenvalue weighted by atomic mass is 16.1. The van der Waals surface area contributed by atoms with E-state index in [1.165, 1.54) is 5.56 Å². The van der Waals surface area contributed by atoms with Crippen LogP contribution in [0.25, 0.3) is 10.9 Å². The van der Waals surface area contributed by atoms with Gasteiger partial charge in [0.05, 0.1) is 12.5 Å². The summed E-state index contributed by atoms with van der Waals surface area (Å²) in [6, 6.07) is 18.4. The van der Waals surface area contributed by atoms with Gasteiger partial charge in [0.25, 0.3) is 0 Å². The van der Waals surface area contributed by atoms with E-state index in [4.69, 9.17) is 0 Å². The topological polar surface area (TPSA) is 44.9 Å². The number of benzene rings is 2. The van der Waals surface area contributed by atoms with Crippen LogP contribution in [0.2, 0.25) is 0 Å². The summed E-state index contributed by atoms with van der Waals surface area (Å²) in [6.07, 6.45) is 3.26. The van der Waals surface area contributed by atoms with Gasteiger partial charge in [0, 0.05) is 17.1 Å². The number of carbonyl (C=O) groups is 1. The highest BCUT2D eigenvalue weighted by Gasteiger charge is 2.17. The first-order valence-electron chi connectivity index (χ1n) is 8.53. The van der Waals surface area contributed by atoms with E-state index in [2.05, 4.69) is 42.3 Å². The minimum absolute atomic E-state index is 0.0592. The van der Waals surface area contributed by atoms with Crippen molar-refractivity contribution >= 4 is 16.8 Å². The normalized spacial score (nSPS) is 12.5. The van der Waals surface area contributed by atoms with E-state index in [9.17, 15) is 4.79 Å². The van der Waals surface area contributed by atoms with Crippen molar-refractivity contribution < 1.29 is 4.79 Å². The summed E-state index contributed by atoms with van der Waals surface area (Å²) in [5.41, 5.74) is 3.28. The molecule has 0 spiro atoms. The summed E-state index contributed by atoms with van der Waals surface area (Å²) in [4.78, 5) is 15.8. The largest absolute Gasteiger partial charge is 0.361 e. The minimum Gasteiger partial charge on any atom is -0.361 e. The lowest BCUT2D eigenvalue weighted by molar-refractivity contribution is -0.121. The zero-order valence-electron chi connectivity index (χ0n) is 14.3. The van der Waals surface area contributed by atoms with Crippen LogP contribution >= 0.6 is 0 Å². The van der Waals surface area contributed by atoms with Gasteiger partial charge in [0.1, 0.15) is 0 Å². The van der Waals surface area contributed by atoms with Gasteiger partial charge in [-0.2, -0.15) is 0 Å². The van der Waals surface area contributed by atoms with E-state index in [1.807, 2.05) is 42.6 Å². The molecule has 1 heterocycles. The summed E-state index contributed by atoms with van der Waals surface area (Å²) in [6.45, 7) is 4.36. The first-order chi connectivity index (χ1) is 11.6. The van der Waals surface area contributed by atoms with Crippen LogP contribution in [0, 0.1) is 5.92 Å². The van der Waals surface area contributed by atoms with E-state index >= 15 is 0 Å². The maximum Gasteiger partial charge on any atom is 0.224 e. The Morgan fingerprint density at radius 2 is 1.75 bits per heavy atom. The number of fused-ring (bicyclic) bond motifs is 1. The molecule has 3 aromatic rings. The third-order valence-electron chi connectivity index (χ3n) is 4.27. The molecule has 0 aliphatic heterocycles. The van der Waals surface area contributed by atoms with Gasteiger partial charge in [-0.1, -0.05) is 62.4 Å². The van der Waals surface area contributed by atoms with E-state index in [-0.39, 0.29) is 11.9 Å². The lowest BCUT2D eigenvalue weighted by Crippen LogP contribution is -2.30. The summed E-state index contributed by atoms with van der Waals surface area (Å²) < 4.78 is 0. The fraction of sp³-hybridized carbons (Fsp3) is 0.286. The molecule has 0 saturated carbocycles. The number of para-hydroxylation sites is 1. The molecule has 3 heteroatoms. The molecule has 0 aliphatic rings. The third kappa shape index (κ3) is 3.85. The summed E-state index contributed by atoms with van der Waals surface area (Å²) in [5, 5.41) is 4.33. The van der Waals surface area contributed by atoms with Crippen LogP contribution in [0.5, 0.6) is 0 Å². The number of carbonyl (C=O) groups excluding carboxylic acids is 1. The van der Waals surface area contributed by atoms with E-state index in [0.29, 0.717) is 12.3 Å².